The summed E-state index contributed by atoms with van der Waals surface area (Å²) in [6.07, 6.45) is 3.11. The first kappa shape index (κ1) is 14.6. The van der Waals surface area contributed by atoms with Gasteiger partial charge < -0.3 is 4.57 Å². The van der Waals surface area contributed by atoms with Gasteiger partial charge in [0.1, 0.15) is 5.82 Å². The Kier molecular flexibility index (Phi) is 3.44. The molecule has 114 valence electrons. The van der Waals surface area contributed by atoms with Crippen molar-refractivity contribution in [2.45, 2.75) is 24.9 Å². The molecule has 1 unspecified atom stereocenters. The average molecular weight is 325 g/mol. The predicted molar refractivity (Wildman–Crippen MR) is 77.2 cm³/mol. The van der Waals surface area contributed by atoms with Crippen LogP contribution in [0, 0.1) is 15.9 Å². The molecule has 22 heavy (non-hydrogen) atoms. The lowest BCUT2D eigenvalue weighted by atomic mass is 10.1. The SMILES string of the molecule is O=CC(c1cn(C2CC2)c2cc(Cl)c(F)cc2c1=O)[N+](=O)[O-]. The van der Waals surface area contributed by atoms with Crippen molar-refractivity contribution in [2.24, 2.45) is 0 Å². The molecule has 0 amide bonds. The largest absolute Gasteiger partial charge is 0.344 e. The zero-order valence-corrected chi connectivity index (χ0v) is 11.9. The number of rotatable bonds is 4. The standard InChI is InChI=1S/C14H10ClFN2O4/c15-10-4-12-8(3-11(10)16)14(20)9(13(6-19)18(21)22)5-17(12)7-1-2-7/h3-7,13H,1-2H2. The Labute approximate surface area is 128 Å². The molecule has 1 aliphatic rings. The van der Waals surface area contributed by atoms with E-state index in [1.165, 1.54) is 12.3 Å². The summed E-state index contributed by atoms with van der Waals surface area (Å²) in [5, 5.41) is 10.8. The first-order valence-corrected chi connectivity index (χ1v) is 6.94. The Morgan fingerprint density at radius 3 is 2.68 bits per heavy atom. The van der Waals surface area contributed by atoms with E-state index in [1.807, 2.05) is 0 Å². The van der Waals surface area contributed by atoms with E-state index in [0.29, 0.717) is 5.52 Å². The molecule has 0 saturated heterocycles. The van der Waals surface area contributed by atoms with Gasteiger partial charge in [-0.1, -0.05) is 11.6 Å². The van der Waals surface area contributed by atoms with Crippen molar-refractivity contribution >= 4 is 28.8 Å². The van der Waals surface area contributed by atoms with Crippen LogP contribution in [-0.4, -0.2) is 15.8 Å². The van der Waals surface area contributed by atoms with Crippen LogP contribution in [0.4, 0.5) is 4.39 Å². The van der Waals surface area contributed by atoms with E-state index in [9.17, 15) is 24.1 Å². The van der Waals surface area contributed by atoms with Gasteiger partial charge in [0.05, 0.1) is 16.1 Å². The fourth-order valence-corrected chi connectivity index (χ4v) is 2.63. The second-order valence-corrected chi connectivity index (χ2v) is 5.61. The predicted octanol–water partition coefficient (Wildman–Crippen LogP) is 2.65. The van der Waals surface area contributed by atoms with Gasteiger partial charge in [0, 0.05) is 22.5 Å². The van der Waals surface area contributed by atoms with Crippen LogP contribution < -0.4 is 5.43 Å². The number of carbonyl (C=O) groups excluding carboxylic acids is 1. The average Bonchev–Trinajstić information content (AvgIpc) is 3.28. The summed E-state index contributed by atoms with van der Waals surface area (Å²) in [4.78, 5) is 33.5. The molecular weight excluding hydrogens is 315 g/mol. The molecule has 1 fully saturated rings. The molecular formula is C14H10ClFN2O4. The van der Waals surface area contributed by atoms with E-state index in [4.69, 9.17) is 11.6 Å². The molecule has 0 bridgehead atoms. The van der Waals surface area contributed by atoms with E-state index >= 15 is 0 Å². The van der Waals surface area contributed by atoms with Crippen LogP contribution in [0.5, 0.6) is 0 Å². The Morgan fingerprint density at radius 1 is 1.45 bits per heavy atom. The maximum absolute atomic E-state index is 13.7. The number of carbonyl (C=O) groups is 1. The fourth-order valence-electron chi connectivity index (χ4n) is 2.47. The first-order chi connectivity index (χ1) is 10.4. The fraction of sp³-hybridized carbons (Fsp3) is 0.286. The van der Waals surface area contributed by atoms with Crippen molar-refractivity contribution in [3.05, 3.63) is 55.1 Å². The molecule has 1 heterocycles. The maximum atomic E-state index is 13.7. The minimum absolute atomic E-state index is 0.0139. The molecule has 8 heteroatoms. The molecule has 1 aromatic heterocycles. The number of fused-ring (bicyclic) bond motifs is 1. The number of aldehydes is 1. The highest BCUT2D eigenvalue weighted by molar-refractivity contribution is 6.31. The van der Waals surface area contributed by atoms with Crippen molar-refractivity contribution < 1.29 is 14.1 Å². The van der Waals surface area contributed by atoms with Crippen LogP contribution in [0.3, 0.4) is 0 Å². The number of nitro groups is 1. The molecule has 1 aliphatic carbocycles. The Bertz CT molecular complexity index is 860. The van der Waals surface area contributed by atoms with Gasteiger partial charge in [0.2, 0.25) is 0 Å². The lowest BCUT2D eigenvalue weighted by Crippen LogP contribution is -2.23. The van der Waals surface area contributed by atoms with Crippen LogP contribution in [0.2, 0.25) is 5.02 Å². The molecule has 2 aromatic rings. The number of aromatic nitrogens is 1. The molecule has 0 N–H and O–H groups in total. The van der Waals surface area contributed by atoms with Crippen LogP contribution in [-0.2, 0) is 4.79 Å². The third-order valence-electron chi connectivity index (χ3n) is 3.72. The lowest BCUT2D eigenvalue weighted by molar-refractivity contribution is -0.511. The second-order valence-electron chi connectivity index (χ2n) is 5.20. The monoisotopic (exact) mass is 324 g/mol. The second kappa shape index (κ2) is 5.17. The zero-order chi connectivity index (χ0) is 16.0. The third kappa shape index (κ3) is 2.27. The van der Waals surface area contributed by atoms with Gasteiger partial charge in [-0.3, -0.25) is 19.7 Å². The van der Waals surface area contributed by atoms with Crippen molar-refractivity contribution in [1.29, 1.82) is 0 Å². The number of pyridine rings is 1. The third-order valence-corrected chi connectivity index (χ3v) is 4.01. The summed E-state index contributed by atoms with van der Waals surface area (Å²) >= 11 is 5.76. The molecule has 1 aromatic carbocycles. The zero-order valence-electron chi connectivity index (χ0n) is 11.2. The quantitative estimate of drug-likeness (QED) is 0.492. The summed E-state index contributed by atoms with van der Waals surface area (Å²) in [5.74, 6) is -0.783. The van der Waals surface area contributed by atoms with Crippen LogP contribution in [0.1, 0.15) is 30.5 Å². The number of halogens is 2. The van der Waals surface area contributed by atoms with Gasteiger partial charge in [0.25, 0.3) is 6.04 Å². The van der Waals surface area contributed by atoms with Gasteiger partial charge in [-0.05, 0) is 25.0 Å². The molecule has 1 atom stereocenters. The Hall–Kier alpha value is -2.28. The summed E-state index contributed by atoms with van der Waals surface area (Å²) in [6, 6.07) is 0.602. The Balaban J connectivity index is 2.38. The van der Waals surface area contributed by atoms with E-state index in [0.717, 1.165) is 18.9 Å². The maximum Gasteiger partial charge on any atom is 0.297 e. The van der Waals surface area contributed by atoms with Crippen LogP contribution in [0.15, 0.2) is 23.1 Å². The number of nitrogens with zero attached hydrogens (tertiary/aromatic N) is 2. The number of hydrogen-bond acceptors (Lipinski definition) is 4. The van der Waals surface area contributed by atoms with E-state index in [-0.39, 0.29) is 28.3 Å². The minimum Gasteiger partial charge on any atom is -0.344 e. The van der Waals surface area contributed by atoms with Crippen LogP contribution >= 0.6 is 11.6 Å². The normalized spacial score (nSPS) is 15.7. The van der Waals surface area contributed by atoms with Gasteiger partial charge in [0.15, 0.2) is 11.7 Å². The van der Waals surface area contributed by atoms with E-state index in [2.05, 4.69) is 0 Å². The molecule has 0 spiro atoms. The highest BCUT2D eigenvalue weighted by Gasteiger charge is 2.31. The number of hydrogen-bond donors (Lipinski definition) is 0. The summed E-state index contributed by atoms with van der Waals surface area (Å²) < 4.78 is 15.3. The van der Waals surface area contributed by atoms with Gasteiger partial charge in [-0.25, -0.2) is 4.39 Å². The van der Waals surface area contributed by atoms with Gasteiger partial charge >= 0.3 is 0 Å². The number of benzene rings is 1. The van der Waals surface area contributed by atoms with Crippen molar-refractivity contribution in [2.75, 3.05) is 0 Å². The van der Waals surface area contributed by atoms with Crippen molar-refractivity contribution in [3.63, 3.8) is 0 Å². The molecule has 0 radical (unpaired) electrons. The summed E-state index contributed by atoms with van der Waals surface area (Å²) in [5.41, 5.74) is -0.576. The first-order valence-electron chi connectivity index (χ1n) is 6.56. The summed E-state index contributed by atoms with van der Waals surface area (Å²) in [6.45, 7) is 0. The van der Waals surface area contributed by atoms with Crippen molar-refractivity contribution in [1.82, 2.24) is 4.57 Å². The van der Waals surface area contributed by atoms with Crippen LogP contribution in [0.25, 0.3) is 10.9 Å². The van der Waals surface area contributed by atoms with E-state index < -0.39 is 22.2 Å². The molecule has 1 saturated carbocycles. The topological polar surface area (TPSA) is 82.2 Å². The van der Waals surface area contributed by atoms with Crippen molar-refractivity contribution in [3.8, 4) is 0 Å². The van der Waals surface area contributed by atoms with Gasteiger partial charge in [-0.2, -0.15) is 0 Å². The highest BCUT2D eigenvalue weighted by Crippen LogP contribution is 2.38. The lowest BCUT2D eigenvalue weighted by Gasteiger charge is -2.13. The minimum atomic E-state index is -1.76. The molecule has 6 nitrogen and oxygen atoms in total. The smallest absolute Gasteiger partial charge is 0.297 e. The summed E-state index contributed by atoms with van der Waals surface area (Å²) in [7, 11) is 0. The Morgan fingerprint density at radius 2 is 2.14 bits per heavy atom. The highest BCUT2D eigenvalue weighted by atomic mass is 35.5. The molecule has 3 rings (SSSR count). The van der Waals surface area contributed by atoms with Gasteiger partial charge in [-0.15, -0.1) is 0 Å². The van der Waals surface area contributed by atoms with E-state index in [1.54, 1.807) is 4.57 Å². The molecule has 0 aliphatic heterocycles.